The number of piperidine rings is 1. The topological polar surface area (TPSA) is 87.5 Å². The third-order valence-electron chi connectivity index (χ3n) is 5.35. The van der Waals surface area contributed by atoms with Crippen LogP contribution in [0.15, 0.2) is 71.6 Å². The fourth-order valence-electron chi connectivity index (χ4n) is 3.69. The van der Waals surface area contributed by atoms with Gasteiger partial charge in [-0.05, 0) is 47.9 Å². The zero-order valence-electron chi connectivity index (χ0n) is 16.2. The fourth-order valence-corrected chi connectivity index (χ4v) is 5.30. The third kappa shape index (κ3) is 3.92. The van der Waals surface area contributed by atoms with E-state index in [0.29, 0.717) is 18.6 Å². The maximum absolute atomic E-state index is 12.9. The van der Waals surface area contributed by atoms with E-state index in [-0.39, 0.29) is 35.4 Å². The molecule has 7 heteroatoms. The van der Waals surface area contributed by atoms with E-state index in [9.17, 15) is 18.5 Å². The lowest BCUT2D eigenvalue weighted by molar-refractivity contribution is -0.140. The number of sulfonamides is 1. The third-order valence-corrected chi connectivity index (χ3v) is 7.31. The number of hydrogen-bond donors (Lipinski definition) is 0. The van der Waals surface area contributed by atoms with Crippen LogP contribution in [0.5, 0.6) is 5.75 Å². The highest BCUT2D eigenvalue weighted by atomic mass is 32.2. The number of hydrogen-bond acceptors (Lipinski definition) is 5. The Morgan fingerprint density at radius 3 is 2.37 bits per heavy atom. The summed E-state index contributed by atoms with van der Waals surface area (Å²) >= 11 is 0. The number of nitriles is 1. The van der Waals surface area contributed by atoms with Gasteiger partial charge >= 0.3 is 5.97 Å². The number of benzene rings is 3. The molecule has 3 aromatic carbocycles. The second-order valence-electron chi connectivity index (χ2n) is 7.22. The molecule has 0 unspecified atom stereocenters. The molecule has 1 fully saturated rings. The Hall–Kier alpha value is -3.21. The molecule has 1 aliphatic rings. The number of esters is 1. The van der Waals surface area contributed by atoms with E-state index in [1.54, 1.807) is 18.2 Å². The molecule has 3 aromatic rings. The van der Waals surface area contributed by atoms with Crippen molar-refractivity contribution in [3.63, 3.8) is 0 Å². The van der Waals surface area contributed by atoms with Gasteiger partial charge in [-0.25, -0.2) is 8.42 Å². The van der Waals surface area contributed by atoms with E-state index in [1.165, 1.54) is 16.4 Å². The Labute approximate surface area is 175 Å². The zero-order chi connectivity index (χ0) is 21.1. The Balaban J connectivity index is 1.42. The summed E-state index contributed by atoms with van der Waals surface area (Å²) in [5.74, 6) is -0.231. The summed E-state index contributed by atoms with van der Waals surface area (Å²) in [4.78, 5) is 12.6. The highest BCUT2D eigenvalue weighted by Crippen LogP contribution is 2.27. The summed E-state index contributed by atoms with van der Waals surface area (Å²) in [6.45, 7) is 0.416. The normalized spacial score (nSPS) is 15.6. The summed E-state index contributed by atoms with van der Waals surface area (Å²) in [6, 6.07) is 21.4. The molecule has 30 heavy (non-hydrogen) atoms. The molecule has 1 aliphatic heterocycles. The monoisotopic (exact) mass is 420 g/mol. The van der Waals surface area contributed by atoms with E-state index >= 15 is 0 Å². The Kier molecular flexibility index (Phi) is 5.53. The van der Waals surface area contributed by atoms with Gasteiger partial charge in [0.05, 0.1) is 16.4 Å². The largest absolute Gasteiger partial charge is 0.426 e. The molecule has 0 saturated carbocycles. The van der Waals surface area contributed by atoms with E-state index in [2.05, 4.69) is 0 Å². The van der Waals surface area contributed by atoms with Gasteiger partial charge in [-0.15, -0.1) is 0 Å². The van der Waals surface area contributed by atoms with Gasteiger partial charge in [0.1, 0.15) is 11.8 Å². The van der Waals surface area contributed by atoms with Crippen molar-refractivity contribution in [1.29, 1.82) is 5.26 Å². The molecular formula is C23H20N2O4S. The van der Waals surface area contributed by atoms with Crippen LogP contribution in [-0.2, 0) is 14.8 Å². The molecule has 4 rings (SSSR count). The van der Waals surface area contributed by atoms with Crippen LogP contribution in [0.1, 0.15) is 18.4 Å². The first-order valence-corrected chi connectivity index (χ1v) is 11.1. The average Bonchev–Trinajstić information content (AvgIpc) is 2.79. The summed E-state index contributed by atoms with van der Waals surface area (Å²) in [5.41, 5.74) is 0.121. The van der Waals surface area contributed by atoms with Crippen LogP contribution in [0.25, 0.3) is 10.8 Å². The van der Waals surface area contributed by atoms with Crippen molar-refractivity contribution in [2.45, 2.75) is 17.7 Å². The van der Waals surface area contributed by atoms with Crippen LogP contribution >= 0.6 is 0 Å². The molecule has 0 spiro atoms. The quantitative estimate of drug-likeness (QED) is 0.474. The number of carbonyl (C=O) groups is 1. The van der Waals surface area contributed by atoms with Gasteiger partial charge in [0.15, 0.2) is 0 Å². The summed E-state index contributed by atoms with van der Waals surface area (Å²) < 4.78 is 32.7. The minimum absolute atomic E-state index is 0.00434. The molecule has 152 valence electrons. The summed E-state index contributed by atoms with van der Waals surface area (Å²) in [6.07, 6.45) is 0.751. The van der Waals surface area contributed by atoms with Crippen molar-refractivity contribution in [3.8, 4) is 11.8 Å². The average molecular weight is 420 g/mol. The van der Waals surface area contributed by atoms with Gasteiger partial charge in [-0.2, -0.15) is 9.57 Å². The van der Waals surface area contributed by atoms with Crippen molar-refractivity contribution < 1.29 is 17.9 Å². The van der Waals surface area contributed by atoms with Crippen molar-refractivity contribution >= 4 is 26.8 Å². The standard InChI is InChI=1S/C23H20N2O4S/c24-16-20-7-3-4-8-22(20)30(27,28)25-13-11-18(12-14-25)23(26)29-21-10-9-17-5-1-2-6-19(17)15-21/h1-10,15,18H,11-14H2. The molecule has 1 saturated heterocycles. The second-order valence-corrected chi connectivity index (χ2v) is 9.12. The lowest BCUT2D eigenvalue weighted by atomic mass is 9.98. The van der Waals surface area contributed by atoms with E-state index in [4.69, 9.17) is 4.74 Å². The number of rotatable bonds is 4. The van der Waals surface area contributed by atoms with Gasteiger partial charge in [-0.3, -0.25) is 4.79 Å². The highest BCUT2D eigenvalue weighted by Gasteiger charge is 2.34. The molecule has 0 aromatic heterocycles. The van der Waals surface area contributed by atoms with E-state index < -0.39 is 10.0 Å². The molecule has 1 heterocycles. The van der Waals surface area contributed by atoms with Crippen LogP contribution in [0.2, 0.25) is 0 Å². The smallest absolute Gasteiger partial charge is 0.314 e. The first-order chi connectivity index (χ1) is 14.5. The van der Waals surface area contributed by atoms with Crippen molar-refractivity contribution in [2.24, 2.45) is 5.92 Å². The molecule has 0 atom stereocenters. The molecule has 0 aliphatic carbocycles. The molecule has 0 N–H and O–H groups in total. The minimum Gasteiger partial charge on any atom is -0.426 e. The van der Waals surface area contributed by atoms with E-state index in [1.807, 2.05) is 42.5 Å². The maximum atomic E-state index is 12.9. The van der Waals surface area contributed by atoms with E-state index in [0.717, 1.165) is 10.8 Å². The van der Waals surface area contributed by atoms with Gasteiger partial charge < -0.3 is 4.74 Å². The van der Waals surface area contributed by atoms with Gasteiger partial charge in [0.2, 0.25) is 10.0 Å². The van der Waals surface area contributed by atoms with Crippen molar-refractivity contribution in [2.75, 3.05) is 13.1 Å². The number of nitrogens with zero attached hydrogens (tertiary/aromatic N) is 2. The second kappa shape index (κ2) is 8.27. The van der Waals surface area contributed by atoms with Gasteiger partial charge in [0, 0.05) is 13.1 Å². The molecule has 6 nitrogen and oxygen atoms in total. The molecular weight excluding hydrogens is 400 g/mol. The molecule has 0 bridgehead atoms. The SMILES string of the molecule is N#Cc1ccccc1S(=O)(=O)N1CCC(C(=O)Oc2ccc3ccccc3c2)CC1. The van der Waals surface area contributed by atoms with Gasteiger partial charge in [-0.1, -0.05) is 42.5 Å². The fraction of sp³-hybridized carbons (Fsp3) is 0.217. The van der Waals surface area contributed by atoms with Crippen molar-refractivity contribution in [1.82, 2.24) is 4.31 Å². The Morgan fingerprint density at radius 1 is 0.967 bits per heavy atom. The molecule has 0 radical (unpaired) electrons. The number of fused-ring (bicyclic) bond motifs is 1. The Bertz CT molecular complexity index is 1240. The van der Waals surface area contributed by atoms with Crippen LogP contribution in [0, 0.1) is 17.2 Å². The van der Waals surface area contributed by atoms with Crippen LogP contribution in [0.3, 0.4) is 0 Å². The highest BCUT2D eigenvalue weighted by molar-refractivity contribution is 7.89. The summed E-state index contributed by atoms with van der Waals surface area (Å²) in [7, 11) is -3.78. The first-order valence-electron chi connectivity index (χ1n) is 9.69. The first kappa shape index (κ1) is 20.1. The van der Waals surface area contributed by atoms with Crippen LogP contribution < -0.4 is 4.74 Å². The maximum Gasteiger partial charge on any atom is 0.314 e. The predicted molar refractivity (Wildman–Crippen MR) is 112 cm³/mol. The molecule has 0 amide bonds. The van der Waals surface area contributed by atoms with Crippen LogP contribution in [0.4, 0.5) is 0 Å². The Morgan fingerprint density at radius 2 is 1.63 bits per heavy atom. The summed E-state index contributed by atoms with van der Waals surface area (Å²) in [5, 5.41) is 11.3. The lowest BCUT2D eigenvalue weighted by Gasteiger charge is -2.30. The van der Waals surface area contributed by atoms with Crippen LogP contribution in [-0.4, -0.2) is 31.8 Å². The van der Waals surface area contributed by atoms with Gasteiger partial charge in [0.25, 0.3) is 0 Å². The number of carbonyl (C=O) groups excluding carboxylic acids is 1. The predicted octanol–water partition coefficient (Wildman–Crippen LogP) is 3.72. The lowest BCUT2D eigenvalue weighted by Crippen LogP contribution is -2.41. The minimum atomic E-state index is -3.78. The zero-order valence-corrected chi connectivity index (χ0v) is 17.0. The van der Waals surface area contributed by atoms with Crippen molar-refractivity contribution in [3.05, 3.63) is 72.3 Å². The number of ether oxygens (including phenoxy) is 1.